The number of alkyl halides is 7. The first kappa shape index (κ1) is 36.0. The molecule has 1 aliphatic rings. The summed E-state index contributed by atoms with van der Waals surface area (Å²) in [6.07, 6.45) is -7.49. The largest absolute Gasteiger partial charge is 0.490 e. The number of anilines is 1. The number of hydrogen-bond donors (Lipinski definition) is 2. The number of aromatic nitrogens is 4. The normalized spacial score (nSPS) is 18.4. The van der Waals surface area contributed by atoms with Gasteiger partial charge < -0.3 is 15.0 Å². The number of carboxylic acid groups (broad SMARTS) is 1. The smallest absolute Gasteiger partial charge is 0.475 e. The Labute approximate surface area is 270 Å². The molecular weight excluding hydrogens is 682 g/mol. The number of nitrogens with zero attached hydrogens (tertiary/aromatic N) is 4. The van der Waals surface area contributed by atoms with Gasteiger partial charge in [0.05, 0.1) is 45.8 Å². The van der Waals surface area contributed by atoms with Crippen LogP contribution in [0.25, 0.3) is 22.4 Å². The van der Waals surface area contributed by atoms with Crippen LogP contribution < -0.4 is 10.9 Å². The summed E-state index contributed by atoms with van der Waals surface area (Å²) in [7, 11) is 1.67. The van der Waals surface area contributed by atoms with Crippen molar-refractivity contribution < 1.29 is 49.8 Å². The fourth-order valence-corrected chi connectivity index (χ4v) is 5.19. The third kappa shape index (κ3) is 7.67. The molecule has 4 aromatic rings. The molecule has 0 aliphatic carbocycles. The highest BCUT2D eigenvalue weighted by atomic mass is 35.5. The van der Waals surface area contributed by atoms with E-state index in [2.05, 4.69) is 15.4 Å². The molecule has 0 spiro atoms. The Hall–Kier alpha value is -4.80. The number of carbonyl (C=O) groups excluding carboxylic acids is 1. The minimum atomic E-state index is -5.08. The van der Waals surface area contributed by atoms with Crippen molar-refractivity contribution in [3.05, 3.63) is 87.4 Å². The molecular formula is C30H24ClF8N5O4. The van der Waals surface area contributed by atoms with E-state index in [1.807, 2.05) is 0 Å². The lowest BCUT2D eigenvalue weighted by Crippen LogP contribution is -2.30. The molecule has 0 saturated carbocycles. The van der Waals surface area contributed by atoms with Gasteiger partial charge >= 0.3 is 18.3 Å². The van der Waals surface area contributed by atoms with E-state index in [4.69, 9.17) is 21.5 Å². The van der Waals surface area contributed by atoms with Gasteiger partial charge in [0.25, 0.3) is 5.56 Å². The third-order valence-corrected chi connectivity index (χ3v) is 7.77. The molecule has 9 nitrogen and oxygen atoms in total. The number of rotatable bonds is 2. The van der Waals surface area contributed by atoms with Gasteiger partial charge in [0, 0.05) is 36.6 Å². The summed E-state index contributed by atoms with van der Waals surface area (Å²) in [5.74, 6) is -5.63. The van der Waals surface area contributed by atoms with E-state index in [1.54, 1.807) is 19.2 Å². The second-order valence-corrected chi connectivity index (χ2v) is 11.0. The van der Waals surface area contributed by atoms with Gasteiger partial charge in [-0.05, 0) is 48.7 Å². The Kier molecular flexibility index (Phi) is 10.3. The second-order valence-electron chi connectivity index (χ2n) is 10.6. The molecule has 256 valence electrons. The van der Waals surface area contributed by atoms with Gasteiger partial charge in [-0.1, -0.05) is 18.5 Å². The lowest BCUT2D eigenvalue weighted by molar-refractivity contribution is -0.192. The lowest BCUT2D eigenvalue weighted by atomic mass is 9.95. The first-order chi connectivity index (χ1) is 22.3. The van der Waals surface area contributed by atoms with Crippen molar-refractivity contribution in [1.29, 1.82) is 0 Å². The Morgan fingerprint density at radius 2 is 1.71 bits per heavy atom. The molecule has 3 aromatic heterocycles. The van der Waals surface area contributed by atoms with Crippen LogP contribution in [0.4, 0.5) is 40.8 Å². The third-order valence-electron chi connectivity index (χ3n) is 7.48. The molecule has 1 aromatic carbocycles. The molecule has 5 rings (SSSR count). The molecule has 4 heterocycles. The highest BCUT2D eigenvalue weighted by Gasteiger charge is 2.38. The topological polar surface area (TPSA) is 119 Å². The molecule has 3 atom stereocenters. The van der Waals surface area contributed by atoms with Crippen molar-refractivity contribution in [3.8, 4) is 22.4 Å². The molecule has 1 amide bonds. The van der Waals surface area contributed by atoms with Crippen LogP contribution in [0.5, 0.6) is 0 Å². The van der Waals surface area contributed by atoms with Crippen LogP contribution in [-0.4, -0.2) is 48.7 Å². The van der Waals surface area contributed by atoms with Gasteiger partial charge in [0.2, 0.25) is 5.91 Å². The molecule has 2 bridgehead atoms. The Balaban J connectivity index is 0.000000671. The second kappa shape index (κ2) is 13.7. The van der Waals surface area contributed by atoms with Crippen LogP contribution in [0.3, 0.4) is 0 Å². The summed E-state index contributed by atoms with van der Waals surface area (Å²) < 4.78 is 106. The predicted molar refractivity (Wildman–Crippen MR) is 156 cm³/mol. The molecule has 0 fully saturated rings. The number of fused-ring (bicyclic) bond motifs is 4. The highest BCUT2D eigenvalue weighted by Crippen LogP contribution is 2.40. The molecule has 1 unspecified atom stereocenters. The summed E-state index contributed by atoms with van der Waals surface area (Å²) in [5.41, 5.74) is -1.32. The fraction of sp³-hybridized carbons (Fsp3) is 0.300. The summed E-state index contributed by atoms with van der Waals surface area (Å²) in [6.45, 7) is 1.45. The van der Waals surface area contributed by atoms with Crippen molar-refractivity contribution in [2.75, 3.05) is 5.32 Å². The minimum absolute atomic E-state index is 0.0338. The van der Waals surface area contributed by atoms with E-state index in [-0.39, 0.29) is 18.4 Å². The number of carbonyl (C=O) groups is 2. The van der Waals surface area contributed by atoms with Crippen molar-refractivity contribution >= 4 is 29.2 Å². The maximum Gasteiger partial charge on any atom is 0.490 e. The van der Waals surface area contributed by atoms with Crippen LogP contribution in [-0.2, 0) is 22.8 Å². The average molecular weight is 706 g/mol. The van der Waals surface area contributed by atoms with E-state index in [0.29, 0.717) is 28.7 Å². The molecule has 0 radical (unpaired) electrons. The lowest BCUT2D eigenvalue weighted by Gasteiger charge is -2.24. The SMILES string of the molecule is C[C@H]1C(=O)Nc2cnn(C)c2-c2ccnc(c2)[C@@H](n2ccc(-c3c(C(F)(F)F)ccc(Cl)c3F)cc2=O)CCC1F.O=C(O)C(F)(F)F. The quantitative estimate of drug-likeness (QED) is 0.216. The number of hydrogen-bond acceptors (Lipinski definition) is 5. The highest BCUT2D eigenvalue weighted by molar-refractivity contribution is 6.31. The zero-order valence-electron chi connectivity index (χ0n) is 24.7. The van der Waals surface area contributed by atoms with E-state index in [1.165, 1.54) is 40.8 Å². The fourth-order valence-electron chi connectivity index (χ4n) is 5.03. The standard InChI is InChI=1S/C28H23ClF5N5O2.C2HF3O2/c1-14-19(30)5-6-22(20-11-16(7-9-35-20)26-21(37-27(14)41)13-36-38(26)2)39-10-8-15(12-23(39)40)24-17(28(32,33)34)3-4-18(29)25(24)31;3-2(4,5)1(6)7/h3-4,7-14,19,22H,5-6H2,1-2H3,(H,37,41);(H,6,7)/t14-,19?,22+;/m1./s1. The van der Waals surface area contributed by atoms with Gasteiger partial charge in [-0.2, -0.15) is 31.4 Å². The predicted octanol–water partition coefficient (Wildman–Crippen LogP) is 7.05. The van der Waals surface area contributed by atoms with E-state index in [0.717, 1.165) is 12.1 Å². The van der Waals surface area contributed by atoms with E-state index in [9.17, 15) is 40.3 Å². The maximum absolute atomic E-state index is 15.2. The minimum Gasteiger partial charge on any atom is -0.475 e. The average Bonchev–Trinajstić information content (AvgIpc) is 3.36. The Bertz CT molecular complexity index is 1910. The number of amides is 1. The number of benzene rings is 1. The van der Waals surface area contributed by atoms with Gasteiger partial charge in [0.15, 0.2) is 0 Å². The molecule has 18 heteroatoms. The Morgan fingerprint density at radius 3 is 2.31 bits per heavy atom. The first-order valence-electron chi connectivity index (χ1n) is 13.8. The summed E-state index contributed by atoms with van der Waals surface area (Å²) in [5, 5.41) is 13.5. The zero-order valence-corrected chi connectivity index (χ0v) is 25.5. The van der Waals surface area contributed by atoms with Crippen LogP contribution in [0, 0.1) is 11.7 Å². The molecule has 48 heavy (non-hydrogen) atoms. The van der Waals surface area contributed by atoms with Crippen molar-refractivity contribution in [1.82, 2.24) is 19.3 Å². The number of carboxylic acids is 1. The van der Waals surface area contributed by atoms with Crippen molar-refractivity contribution in [3.63, 3.8) is 0 Å². The molecule has 2 N–H and O–H groups in total. The number of aliphatic carboxylic acids is 1. The number of halogens is 9. The van der Waals surface area contributed by atoms with Gasteiger partial charge in [-0.15, -0.1) is 0 Å². The zero-order chi connectivity index (χ0) is 35.7. The van der Waals surface area contributed by atoms with Crippen molar-refractivity contribution in [2.24, 2.45) is 13.0 Å². The van der Waals surface area contributed by atoms with E-state index < -0.39 is 69.9 Å². The maximum atomic E-state index is 15.2. The Morgan fingerprint density at radius 1 is 1.04 bits per heavy atom. The van der Waals surface area contributed by atoms with Gasteiger partial charge in [-0.3, -0.25) is 19.3 Å². The van der Waals surface area contributed by atoms with E-state index >= 15 is 4.39 Å². The molecule has 1 aliphatic heterocycles. The summed E-state index contributed by atoms with van der Waals surface area (Å²) >= 11 is 5.77. The van der Waals surface area contributed by atoms with Crippen LogP contribution in [0.15, 0.2) is 59.8 Å². The van der Waals surface area contributed by atoms with Crippen LogP contribution >= 0.6 is 11.6 Å². The number of pyridine rings is 2. The van der Waals surface area contributed by atoms with Gasteiger partial charge in [0.1, 0.15) is 12.0 Å². The van der Waals surface area contributed by atoms with Crippen LogP contribution in [0.1, 0.15) is 37.1 Å². The number of aryl methyl sites for hydroxylation is 1. The number of nitrogens with one attached hydrogen (secondary N) is 1. The van der Waals surface area contributed by atoms with Crippen LogP contribution in [0.2, 0.25) is 5.02 Å². The summed E-state index contributed by atoms with van der Waals surface area (Å²) in [4.78, 5) is 39.5. The summed E-state index contributed by atoms with van der Waals surface area (Å²) in [6, 6.07) is 6.02. The van der Waals surface area contributed by atoms with Crippen molar-refractivity contribution in [2.45, 2.75) is 44.3 Å². The molecule has 0 saturated heterocycles. The first-order valence-corrected chi connectivity index (χ1v) is 14.2. The van der Waals surface area contributed by atoms with Gasteiger partial charge in [-0.25, -0.2) is 13.6 Å². The monoisotopic (exact) mass is 705 g/mol.